The largest absolute Gasteiger partial charge is 0.396 e. The Hall–Kier alpha value is 0.0600. The van der Waals surface area contributed by atoms with E-state index >= 15 is 0 Å². The van der Waals surface area contributed by atoms with Gasteiger partial charge in [-0.3, -0.25) is 4.79 Å². The Morgan fingerprint density at radius 1 is 1.56 bits per heavy atom. The van der Waals surface area contributed by atoms with E-state index < -0.39 is 0 Å². The second-order valence-electron chi connectivity index (χ2n) is 3.98. The zero-order valence-corrected chi connectivity index (χ0v) is 12.7. The number of rotatable bonds is 3. The molecule has 18 heavy (non-hydrogen) atoms. The van der Waals surface area contributed by atoms with Crippen molar-refractivity contribution in [1.82, 2.24) is 4.90 Å². The van der Waals surface area contributed by atoms with Gasteiger partial charge >= 0.3 is 0 Å². The lowest BCUT2D eigenvalue weighted by atomic mass is 10.1. The van der Waals surface area contributed by atoms with Crippen molar-refractivity contribution in [3.8, 4) is 0 Å². The van der Waals surface area contributed by atoms with E-state index in [1.165, 1.54) is 11.3 Å². The van der Waals surface area contributed by atoms with Crippen LogP contribution in [0.1, 0.15) is 16.8 Å². The molecule has 2 heterocycles. The molecule has 1 fully saturated rings. The van der Waals surface area contributed by atoms with Crippen LogP contribution >= 0.6 is 46.3 Å². The van der Waals surface area contributed by atoms with Crippen LogP contribution in [-0.2, 0) is 0 Å². The van der Waals surface area contributed by atoms with Crippen LogP contribution in [0, 0.1) is 0 Å². The van der Waals surface area contributed by atoms with Gasteiger partial charge in [0.05, 0.1) is 9.90 Å². The summed E-state index contributed by atoms with van der Waals surface area (Å²) in [6, 6.07) is 1.70. The molecule has 0 aliphatic carbocycles. The quantitative estimate of drug-likeness (QED) is 0.928. The highest BCUT2D eigenvalue weighted by Gasteiger charge is 2.29. The van der Waals surface area contributed by atoms with Crippen LogP contribution in [-0.4, -0.2) is 46.6 Å². The van der Waals surface area contributed by atoms with Crippen LogP contribution < -0.4 is 0 Å². The van der Waals surface area contributed by atoms with Crippen molar-refractivity contribution in [3.63, 3.8) is 0 Å². The van der Waals surface area contributed by atoms with E-state index in [2.05, 4.69) is 0 Å². The maximum atomic E-state index is 12.4. The zero-order valence-electron chi connectivity index (χ0n) is 9.57. The van der Waals surface area contributed by atoms with Crippen molar-refractivity contribution >= 4 is 52.2 Å². The smallest absolute Gasteiger partial charge is 0.256 e. The average Bonchev–Trinajstić information content (AvgIpc) is 2.69. The van der Waals surface area contributed by atoms with Gasteiger partial charge in [0.2, 0.25) is 0 Å². The van der Waals surface area contributed by atoms with Gasteiger partial charge in [0.25, 0.3) is 5.91 Å². The fourth-order valence-electron chi connectivity index (χ4n) is 1.95. The predicted octanol–water partition coefficient (Wildman–Crippen LogP) is 2.99. The summed E-state index contributed by atoms with van der Waals surface area (Å²) in [6.07, 6.45) is 0.605. The first-order valence-electron chi connectivity index (χ1n) is 5.58. The maximum absolute atomic E-state index is 12.4. The molecule has 0 bridgehead atoms. The fraction of sp³-hybridized carbons (Fsp3) is 0.545. The molecule has 0 radical (unpaired) electrons. The SMILES string of the molecule is O=C(c1cc(Cl)sc1Cl)N1CCSC[C@H]1CCO. The van der Waals surface area contributed by atoms with Gasteiger partial charge in [0.1, 0.15) is 4.34 Å². The number of hydrogen-bond donors (Lipinski definition) is 1. The van der Waals surface area contributed by atoms with Gasteiger partial charge in [-0.1, -0.05) is 23.2 Å². The Morgan fingerprint density at radius 3 is 2.94 bits per heavy atom. The number of hydrogen-bond acceptors (Lipinski definition) is 4. The number of aliphatic hydroxyl groups is 1. The second-order valence-corrected chi connectivity index (χ2v) is 7.41. The molecule has 1 saturated heterocycles. The maximum Gasteiger partial charge on any atom is 0.256 e. The molecule has 7 heteroatoms. The molecule has 1 N–H and O–H groups in total. The number of carbonyl (C=O) groups excluding carboxylic acids is 1. The standard InChI is InChI=1S/C11H13Cl2NO2S2/c12-9-5-8(10(13)18-9)11(16)14-2-4-17-6-7(14)1-3-15/h5,7,15H,1-4,6H2/t7-/m1/s1. The number of halogens is 2. The Kier molecular flexibility index (Phi) is 5.21. The molecular weight excluding hydrogens is 313 g/mol. The summed E-state index contributed by atoms with van der Waals surface area (Å²) in [6.45, 7) is 0.783. The summed E-state index contributed by atoms with van der Waals surface area (Å²) < 4.78 is 0.958. The topological polar surface area (TPSA) is 40.5 Å². The molecule has 1 atom stereocenters. The van der Waals surface area contributed by atoms with Crippen LogP contribution in [0.25, 0.3) is 0 Å². The van der Waals surface area contributed by atoms with Crippen LogP contribution in [0.3, 0.4) is 0 Å². The molecule has 1 aliphatic rings. The minimum atomic E-state index is -0.0816. The molecule has 2 rings (SSSR count). The van der Waals surface area contributed by atoms with E-state index in [1.807, 2.05) is 11.8 Å². The Morgan fingerprint density at radius 2 is 2.33 bits per heavy atom. The number of amides is 1. The first-order valence-corrected chi connectivity index (χ1v) is 8.30. The van der Waals surface area contributed by atoms with Gasteiger partial charge < -0.3 is 10.0 Å². The summed E-state index contributed by atoms with van der Waals surface area (Å²) in [5, 5.41) is 9.05. The molecule has 1 aliphatic heterocycles. The molecule has 1 amide bonds. The first-order chi connectivity index (χ1) is 8.63. The number of nitrogens with zero attached hydrogens (tertiary/aromatic N) is 1. The van der Waals surface area contributed by atoms with Gasteiger partial charge in [-0.05, 0) is 12.5 Å². The molecule has 100 valence electrons. The van der Waals surface area contributed by atoms with Gasteiger partial charge in [-0.15, -0.1) is 11.3 Å². The summed E-state index contributed by atoms with van der Waals surface area (Å²) in [5.41, 5.74) is 0.474. The fourth-order valence-corrected chi connectivity index (χ4v) is 4.51. The number of thioether (sulfide) groups is 1. The minimum Gasteiger partial charge on any atom is -0.396 e. The van der Waals surface area contributed by atoms with Crippen molar-refractivity contribution in [3.05, 3.63) is 20.3 Å². The van der Waals surface area contributed by atoms with Crippen LogP contribution in [0.15, 0.2) is 6.07 Å². The molecule has 1 aromatic heterocycles. The van der Waals surface area contributed by atoms with Gasteiger partial charge in [0, 0.05) is 30.7 Å². The van der Waals surface area contributed by atoms with Crippen LogP contribution in [0.4, 0.5) is 0 Å². The second kappa shape index (κ2) is 6.48. The van der Waals surface area contributed by atoms with E-state index in [4.69, 9.17) is 28.3 Å². The number of carbonyl (C=O) groups is 1. The van der Waals surface area contributed by atoms with Crippen LogP contribution in [0.5, 0.6) is 0 Å². The molecule has 0 unspecified atom stereocenters. The van der Waals surface area contributed by atoms with Gasteiger partial charge in [0.15, 0.2) is 0 Å². The highest BCUT2D eigenvalue weighted by molar-refractivity contribution is 7.99. The van der Waals surface area contributed by atoms with Crippen molar-refractivity contribution in [1.29, 1.82) is 0 Å². The summed E-state index contributed by atoms with van der Waals surface area (Å²) in [5.74, 6) is 1.70. The highest BCUT2D eigenvalue weighted by atomic mass is 35.5. The van der Waals surface area contributed by atoms with Crippen LogP contribution in [0.2, 0.25) is 8.67 Å². The van der Waals surface area contributed by atoms with E-state index in [0.29, 0.717) is 27.2 Å². The van der Waals surface area contributed by atoms with Crippen molar-refractivity contribution in [2.45, 2.75) is 12.5 Å². The molecule has 0 aromatic carbocycles. The lowest BCUT2D eigenvalue weighted by Gasteiger charge is -2.35. The Bertz CT molecular complexity index is 437. The third-order valence-electron chi connectivity index (χ3n) is 2.84. The predicted molar refractivity (Wildman–Crippen MR) is 78.2 cm³/mol. The third kappa shape index (κ3) is 3.14. The zero-order chi connectivity index (χ0) is 13.1. The third-order valence-corrected chi connectivity index (χ3v) is 5.42. The highest BCUT2D eigenvalue weighted by Crippen LogP contribution is 2.33. The Balaban J connectivity index is 2.18. The molecule has 3 nitrogen and oxygen atoms in total. The van der Waals surface area contributed by atoms with Gasteiger partial charge in [-0.25, -0.2) is 0 Å². The molecular formula is C11H13Cl2NO2S2. The van der Waals surface area contributed by atoms with E-state index in [0.717, 1.165) is 11.5 Å². The lowest BCUT2D eigenvalue weighted by molar-refractivity contribution is 0.0679. The van der Waals surface area contributed by atoms with Crippen molar-refractivity contribution in [2.75, 3.05) is 24.7 Å². The monoisotopic (exact) mass is 325 g/mol. The van der Waals surface area contributed by atoms with E-state index in [1.54, 1.807) is 11.0 Å². The summed E-state index contributed by atoms with van der Waals surface area (Å²) in [4.78, 5) is 14.2. The Labute approximate surface area is 124 Å². The molecule has 1 aromatic rings. The summed E-state index contributed by atoms with van der Waals surface area (Å²) in [7, 11) is 0. The lowest BCUT2D eigenvalue weighted by Crippen LogP contribution is -2.46. The average molecular weight is 326 g/mol. The minimum absolute atomic E-state index is 0.0796. The normalized spacial score (nSPS) is 20.2. The molecule has 0 spiro atoms. The van der Waals surface area contributed by atoms with Crippen molar-refractivity contribution < 1.29 is 9.90 Å². The molecule has 0 saturated carbocycles. The summed E-state index contributed by atoms with van der Waals surface area (Å²) >= 11 is 14.9. The van der Waals surface area contributed by atoms with E-state index in [9.17, 15) is 4.79 Å². The van der Waals surface area contributed by atoms with Crippen molar-refractivity contribution in [2.24, 2.45) is 0 Å². The number of aliphatic hydroxyl groups excluding tert-OH is 1. The number of thiophene rings is 1. The van der Waals surface area contributed by atoms with E-state index in [-0.39, 0.29) is 18.6 Å². The van der Waals surface area contributed by atoms with Gasteiger partial charge in [-0.2, -0.15) is 11.8 Å². The first kappa shape index (κ1) is 14.5.